The van der Waals surface area contributed by atoms with Crippen LogP contribution in [0, 0.1) is 0 Å². The van der Waals surface area contributed by atoms with E-state index in [4.69, 9.17) is 25.3 Å². The van der Waals surface area contributed by atoms with Crippen molar-refractivity contribution in [2.75, 3.05) is 0 Å². The molecule has 2 aromatic heterocycles. The van der Waals surface area contributed by atoms with Crippen molar-refractivity contribution in [1.29, 1.82) is 0 Å². The molecule has 15 heavy (non-hydrogen) atoms. The first-order chi connectivity index (χ1) is 6.24. The zero-order chi connectivity index (χ0) is 9.26. The molecule has 2 heterocycles. The molecular weight excluding hydrogens is 442 g/mol. The Labute approximate surface area is 160 Å². The van der Waals surface area contributed by atoms with Crippen LogP contribution >= 0.6 is 34.4 Å². The molecule has 2 radical (unpaired) electrons. The van der Waals surface area contributed by atoms with Crippen LogP contribution in [-0.4, -0.2) is 20.4 Å². The molecule has 0 fully saturated rings. The summed E-state index contributed by atoms with van der Waals surface area (Å²) < 4.78 is 2.61. The van der Waals surface area contributed by atoms with E-state index in [0.717, 1.165) is 8.68 Å². The summed E-state index contributed by atoms with van der Waals surface area (Å²) in [6.07, 6.45) is 0. The molecule has 4 nitrogen and oxygen atoms in total. The van der Waals surface area contributed by atoms with Crippen LogP contribution in [0.4, 0.5) is 0 Å². The first kappa shape index (κ1) is 17.1. The van der Waals surface area contributed by atoms with Crippen LogP contribution in [-0.2, 0) is 90.7 Å². The van der Waals surface area contributed by atoms with Gasteiger partial charge in [-0.2, -0.15) is 20.4 Å². The van der Waals surface area contributed by atoms with Crippen LogP contribution in [0.2, 0.25) is 0 Å². The smallest absolute Gasteiger partial charge is 0.0861 e. The minimum absolute atomic E-state index is 0. The van der Waals surface area contributed by atoms with E-state index in [9.17, 15) is 0 Å². The molecule has 11 heteroatoms. The Balaban J connectivity index is 0.000000980. The normalized spacial score (nSPS) is 9.07. The van der Waals surface area contributed by atoms with Crippen LogP contribution in [0.3, 0.4) is 0 Å². The predicted octanol–water partition coefficient (Wildman–Crippen LogP) is 1.35. The van der Waals surface area contributed by atoms with Gasteiger partial charge in [0.05, 0.1) is 8.68 Å². The molecule has 2 rings (SSSR count). The maximum atomic E-state index is 4.83. The van der Waals surface area contributed by atoms with E-state index >= 15 is 0 Å². The van der Waals surface area contributed by atoms with Gasteiger partial charge < -0.3 is 47.9 Å². The zero-order valence-electron chi connectivity index (χ0n) is 6.98. The summed E-state index contributed by atoms with van der Waals surface area (Å²) >= 11 is 13.8. The van der Waals surface area contributed by atoms with Gasteiger partial charge in [-0.25, -0.2) is 0 Å². The molecule has 0 spiro atoms. The minimum Gasteiger partial charge on any atom is -0.406 e. The SMILES string of the molecule is [S-]c1nnc(Sc2nnc([S-])s2)s1.[Y].[Y]. The van der Waals surface area contributed by atoms with Crippen molar-refractivity contribution in [2.24, 2.45) is 0 Å². The second kappa shape index (κ2) is 8.26. The van der Waals surface area contributed by atoms with Gasteiger partial charge in [0.2, 0.25) is 0 Å². The van der Waals surface area contributed by atoms with Crippen molar-refractivity contribution in [1.82, 2.24) is 20.4 Å². The Morgan fingerprint density at radius 3 is 1.47 bits per heavy atom. The van der Waals surface area contributed by atoms with Crippen molar-refractivity contribution >= 4 is 59.7 Å². The molecular formula is C4N4S5Y2-2. The molecule has 0 aromatic carbocycles. The molecule has 0 bridgehead atoms. The topological polar surface area (TPSA) is 51.6 Å². The molecule has 0 saturated carbocycles. The van der Waals surface area contributed by atoms with Gasteiger partial charge in [-0.1, -0.05) is 11.8 Å². The van der Waals surface area contributed by atoms with Crippen molar-refractivity contribution in [3.05, 3.63) is 0 Å². The van der Waals surface area contributed by atoms with E-state index in [-0.39, 0.29) is 65.4 Å². The van der Waals surface area contributed by atoms with Gasteiger partial charge in [0.25, 0.3) is 0 Å². The van der Waals surface area contributed by atoms with Crippen molar-refractivity contribution < 1.29 is 65.4 Å². The van der Waals surface area contributed by atoms with Gasteiger partial charge in [-0.15, -0.1) is 0 Å². The molecule has 0 atom stereocenters. The number of hydrogen-bond donors (Lipinski definition) is 0. The average Bonchev–Trinajstić information content (AvgIpc) is 2.62. The summed E-state index contributed by atoms with van der Waals surface area (Å²) in [4.78, 5) is 0. The molecule has 0 amide bonds. The minimum atomic E-state index is 0. The van der Waals surface area contributed by atoms with Gasteiger partial charge in [-0.05, 0) is 8.68 Å². The molecule has 0 saturated heterocycles. The second-order valence-electron chi connectivity index (χ2n) is 1.77. The van der Waals surface area contributed by atoms with Crippen molar-refractivity contribution in [3.63, 3.8) is 0 Å². The fourth-order valence-corrected chi connectivity index (χ4v) is 3.80. The van der Waals surface area contributed by atoms with E-state index in [1.54, 1.807) is 0 Å². The van der Waals surface area contributed by atoms with Crippen LogP contribution in [0.15, 0.2) is 17.4 Å². The second-order valence-corrected chi connectivity index (χ2v) is 6.51. The Kier molecular flexibility index (Phi) is 9.43. The summed E-state index contributed by atoms with van der Waals surface area (Å²) in [7, 11) is 0. The van der Waals surface area contributed by atoms with E-state index in [2.05, 4.69) is 20.4 Å². The van der Waals surface area contributed by atoms with E-state index in [1.807, 2.05) is 0 Å². The average molecular weight is 442 g/mol. The Morgan fingerprint density at radius 2 is 1.20 bits per heavy atom. The molecule has 0 aliphatic rings. The van der Waals surface area contributed by atoms with Gasteiger partial charge >= 0.3 is 0 Å². The predicted molar refractivity (Wildman–Crippen MR) is 55.2 cm³/mol. The zero-order valence-corrected chi connectivity index (χ0v) is 16.7. The maximum absolute atomic E-state index is 4.83. The van der Waals surface area contributed by atoms with Crippen LogP contribution in [0.1, 0.15) is 0 Å². The number of rotatable bonds is 2. The van der Waals surface area contributed by atoms with E-state index < -0.39 is 0 Å². The van der Waals surface area contributed by atoms with Gasteiger partial charge in [0.1, 0.15) is 0 Å². The van der Waals surface area contributed by atoms with Gasteiger partial charge in [0, 0.05) is 65.4 Å². The molecule has 0 aliphatic heterocycles. The third-order valence-electron chi connectivity index (χ3n) is 0.950. The standard InChI is InChI=1S/C4H2N4S5.2Y/c9-1-5-7-3(11-1)13-4-8-6-2(10)12-4;;/h(H,5,9)(H,6,10);;/p-2. The third-order valence-corrected chi connectivity index (χ3v) is 4.15. The molecule has 74 valence electrons. The number of aromatic nitrogens is 4. The molecule has 0 aliphatic carbocycles. The largest absolute Gasteiger partial charge is 0.406 e. The van der Waals surface area contributed by atoms with E-state index in [0.29, 0.717) is 8.68 Å². The first-order valence-corrected chi connectivity index (χ1v) is 6.19. The van der Waals surface area contributed by atoms with Crippen LogP contribution < -0.4 is 0 Å². The van der Waals surface area contributed by atoms with Gasteiger partial charge in [-0.3, -0.25) is 0 Å². The Hall–Kier alpha value is 2.12. The molecule has 0 unspecified atom stereocenters. The summed E-state index contributed by atoms with van der Waals surface area (Å²) in [6, 6.07) is 0. The Morgan fingerprint density at radius 1 is 0.800 bits per heavy atom. The number of nitrogens with zero attached hydrogens (tertiary/aromatic N) is 4. The molecule has 2 aromatic rings. The molecule has 0 N–H and O–H groups in total. The fourth-order valence-electron chi connectivity index (χ4n) is 0.552. The fraction of sp³-hybridized carbons (Fsp3) is 0. The summed E-state index contributed by atoms with van der Waals surface area (Å²) in [6.45, 7) is 0. The monoisotopic (exact) mass is 442 g/mol. The van der Waals surface area contributed by atoms with Gasteiger partial charge in [0.15, 0.2) is 0 Å². The first-order valence-electron chi connectivity index (χ1n) is 2.93. The van der Waals surface area contributed by atoms with E-state index in [1.165, 1.54) is 34.4 Å². The van der Waals surface area contributed by atoms with Crippen molar-refractivity contribution in [2.45, 2.75) is 17.4 Å². The van der Waals surface area contributed by atoms with Crippen molar-refractivity contribution in [3.8, 4) is 0 Å². The quantitative estimate of drug-likeness (QED) is 0.651. The third kappa shape index (κ3) is 5.52. The maximum Gasteiger partial charge on any atom is 0.0861 e. The summed E-state index contributed by atoms with van der Waals surface area (Å²) in [5, 5.41) is 15.1. The van der Waals surface area contributed by atoms with Crippen LogP contribution in [0.5, 0.6) is 0 Å². The Bertz CT molecular complexity index is 378. The number of hydrogen-bond acceptors (Lipinski definition) is 9. The summed E-state index contributed by atoms with van der Waals surface area (Å²) in [5.41, 5.74) is 0. The van der Waals surface area contributed by atoms with Crippen LogP contribution in [0.25, 0.3) is 0 Å². The summed E-state index contributed by atoms with van der Waals surface area (Å²) in [5.74, 6) is 0.